The third-order valence-corrected chi connectivity index (χ3v) is 3.63. The molecule has 0 fully saturated rings. The van der Waals surface area contributed by atoms with Gasteiger partial charge in [0.05, 0.1) is 6.20 Å². The normalized spacial score (nSPS) is 11.0. The summed E-state index contributed by atoms with van der Waals surface area (Å²) in [6.07, 6.45) is 4.86. The van der Waals surface area contributed by atoms with Gasteiger partial charge in [0, 0.05) is 33.4 Å². The second-order valence-electron chi connectivity index (χ2n) is 5.55. The third-order valence-electron chi connectivity index (χ3n) is 3.63. The number of hydrogen-bond donors (Lipinski definition) is 2. The Morgan fingerprint density at radius 3 is 2.65 bits per heavy atom. The van der Waals surface area contributed by atoms with Crippen LogP contribution in [0.1, 0.15) is 22.3 Å². The highest BCUT2D eigenvalue weighted by Gasteiger charge is 2.02. The molecular formula is C17H26IN5. The molecule has 2 aromatic rings. The fraction of sp³-hybridized carbons (Fsp3) is 0.412. The average molecular weight is 427 g/mol. The van der Waals surface area contributed by atoms with Crippen LogP contribution in [0.25, 0.3) is 0 Å². The first kappa shape index (κ1) is 19.5. The SMILES string of the molecule is CN=C(NCCc1cnn(C)c1)NCc1ccc(C)cc1C.I. The number of hydrogen-bond acceptors (Lipinski definition) is 2. The Balaban J connectivity index is 0.00000264. The molecule has 0 radical (unpaired) electrons. The monoisotopic (exact) mass is 427 g/mol. The second kappa shape index (κ2) is 9.54. The zero-order valence-corrected chi connectivity index (χ0v) is 16.6. The van der Waals surface area contributed by atoms with E-state index in [0.717, 1.165) is 25.5 Å². The first-order chi connectivity index (χ1) is 10.6. The molecule has 0 saturated carbocycles. The molecule has 1 aromatic carbocycles. The topological polar surface area (TPSA) is 54.2 Å². The van der Waals surface area contributed by atoms with Crippen molar-refractivity contribution < 1.29 is 0 Å². The summed E-state index contributed by atoms with van der Waals surface area (Å²) in [7, 11) is 3.72. The van der Waals surface area contributed by atoms with Crippen LogP contribution < -0.4 is 10.6 Å². The van der Waals surface area contributed by atoms with Gasteiger partial charge in [0.15, 0.2) is 5.96 Å². The number of nitrogens with one attached hydrogen (secondary N) is 2. The van der Waals surface area contributed by atoms with Gasteiger partial charge in [0.25, 0.3) is 0 Å². The van der Waals surface area contributed by atoms with Crippen LogP contribution >= 0.6 is 24.0 Å². The van der Waals surface area contributed by atoms with Crippen LogP contribution in [0.4, 0.5) is 0 Å². The molecule has 0 aliphatic rings. The predicted octanol–water partition coefficient (Wildman–Crippen LogP) is 2.56. The number of aromatic nitrogens is 2. The van der Waals surface area contributed by atoms with Crippen molar-refractivity contribution in [2.45, 2.75) is 26.8 Å². The van der Waals surface area contributed by atoms with E-state index in [0.29, 0.717) is 0 Å². The van der Waals surface area contributed by atoms with Crippen LogP contribution in [-0.4, -0.2) is 29.3 Å². The van der Waals surface area contributed by atoms with Crippen molar-refractivity contribution >= 4 is 29.9 Å². The van der Waals surface area contributed by atoms with Crippen molar-refractivity contribution in [2.24, 2.45) is 12.0 Å². The van der Waals surface area contributed by atoms with E-state index in [1.807, 2.05) is 24.1 Å². The van der Waals surface area contributed by atoms with Crippen LogP contribution in [0.15, 0.2) is 35.6 Å². The van der Waals surface area contributed by atoms with Gasteiger partial charge >= 0.3 is 0 Å². The molecule has 2 N–H and O–H groups in total. The van der Waals surface area contributed by atoms with Crippen LogP contribution in [-0.2, 0) is 20.0 Å². The van der Waals surface area contributed by atoms with E-state index >= 15 is 0 Å². The summed E-state index contributed by atoms with van der Waals surface area (Å²) >= 11 is 0. The molecule has 0 saturated heterocycles. The molecule has 0 amide bonds. The molecule has 1 aromatic heterocycles. The summed E-state index contributed by atoms with van der Waals surface area (Å²) in [5.74, 6) is 0.823. The van der Waals surface area contributed by atoms with Gasteiger partial charge in [-0.3, -0.25) is 9.67 Å². The number of aryl methyl sites for hydroxylation is 3. The van der Waals surface area contributed by atoms with Gasteiger partial charge in [0.2, 0.25) is 0 Å². The fourth-order valence-electron chi connectivity index (χ4n) is 2.37. The van der Waals surface area contributed by atoms with Gasteiger partial charge in [-0.15, -0.1) is 24.0 Å². The Morgan fingerprint density at radius 1 is 1.26 bits per heavy atom. The van der Waals surface area contributed by atoms with Gasteiger partial charge in [-0.25, -0.2) is 0 Å². The number of benzene rings is 1. The standard InChI is InChI=1S/C17H25N5.HI/c1-13-5-6-16(14(2)9-13)11-20-17(18-3)19-8-7-15-10-21-22(4)12-15;/h5-6,9-10,12H,7-8,11H2,1-4H3,(H2,18,19,20);1H. The van der Waals surface area contributed by atoms with E-state index in [1.165, 1.54) is 22.3 Å². The minimum Gasteiger partial charge on any atom is -0.356 e. The molecule has 0 aliphatic heterocycles. The van der Waals surface area contributed by atoms with E-state index in [1.54, 1.807) is 7.05 Å². The molecule has 2 rings (SSSR count). The first-order valence-corrected chi connectivity index (χ1v) is 7.56. The smallest absolute Gasteiger partial charge is 0.191 e. The quantitative estimate of drug-likeness (QED) is 0.438. The Bertz CT molecular complexity index is 648. The number of nitrogens with zero attached hydrogens (tertiary/aromatic N) is 3. The lowest BCUT2D eigenvalue weighted by atomic mass is 10.1. The van der Waals surface area contributed by atoms with E-state index in [9.17, 15) is 0 Å². The molecule has 1 heterocycles. The molecule has 5 nitrogen and oxygen atoms in total. The van der Waals surface area contributed by atoms with E-state index < -0.39 is 0 Å². The first-order valence-electron chi connectivity index (χ1n) is 7.56. The Hall–Kier alpha value is -1.57. The van der Waals surface area contributed by atoms with Crippen molar-refractivity contribution in [3.63, 3.8) is 0 Å². The second-order valence-corrected chi connectivity index (χ2v) is 5.55. The summed E-state index contributed by atoms with van der Waals surface area (Å²) in [6.45, 7) is 5.86. The maximum absolute atomic E-state index is 4.26. The van der Waals surface area contributed by atoms with Gasteiger partial charge in [-0.05, 0) is 37.0 Å². The molecular weight excluding hydrogens is 401 g/mol. The molecule has 0 unspecified atom stereocenters. The molecule has 126 valence electrons. The summed E-state index contributed by atoms with van der Waals surface area (Å²) in [4.78, 5) is 4.26. The van der Waals surface area contributed by atoms with Gasteiger partial charge in [-0.2, -0.15) is 5.10 Å². The van der Waals surface area contributed by atoms with Crippen molar-refractivity contribution in [2.75, 3.05) is 13.6 Å². The van der Waals surface area contributed by atoms with Gasteiger partial charge in [-0.1, -0.05) is 23.8 Å². The highest BCUT2D eigenvalue weighted by molar-refractivity contribution is 14.0. The zero-order chi connectivity index (χ0) is 15.9. The molecule has 0 spiro atoms. The van der Waals surface area contributed by atoms with Crippen molar-refractivity contribution in [1.82, 2.24) is 20.4 Å². The Kier molecular flexibility index (Phi) is 8.08. The molecule has 0 bridgehead atoms. The minimum absolute atomic E-state index is 0. The summed E-state index contributed by atoms with van der Waals surface area (Å²) < 4.78 is 1.82. The maximum Gasteiger partial charge on any atom is 0.191 e. The van der Waals surface area contributed by atoms with Crippen molar-refractivity contribution in [1.29, 1.82) is 0 Å². The molecule has 0 atom stereocenters. The fourth-order valence-corrected chi connectivity index (χ4v) is 2.37. The predicted molar refractivity (Wildman–Crippen MR) is 106 cm³/mol. The summed E-state index contributed by atoms with van der Waals surface area (Å²) in [5, 5.41) is 10.9. The van der Waals surface area contributed by atoms with Gasteiger partial charge in [0.1, 0.15) is 0 Å². The summed E-state index contributed by atoms with van der Waals surface area (Å²) in [5.41, 5.74) is 5.11. The number of halogens is 1. The highest BCUT2D eigenvalue weighted by Crippen LogP contribution is 2.09. The lowest BCUT2D eigenvalue weighted by Crippen LogP contribution is -2.38. The zero-order valence-electron chi connectivity index (χ0n) is 14.3. The molecule has 23 heavy (non-hydrogen) atoms. The van der Waals surface area contributed by atoms with Crippen LogP contribution in [0.2, 0.25) is 0 Å². The summed E-state index contributed by atoms with van der Waals surface area (Å²) in [6, 6.07) is 6.51. The maximum atomic E-state index is 4.26. The Morgan fingerprint density at radius 2 is 2.04 bits per heavy atom. The minimum atomic E-state index is 0. The highest BCUT2D eigenvalue weighted by atomic mass is 127. The van der Waals surface area contributed by atoms with Gasteiger partial charge < -0.3 is 10.6 Å². The third kappa shape index (κ3) is 6.21. The largest absolute Gasteiger partial charge is 0.356 e. The van der Waals surface area contributed by atoms with E-state index in [4.69, 9.17) is 0 Å². The number of rotatable bonds is 5. The molecule has 6 heteroatoms. The van der Waals surface area contributed by atoms with Crippen molar-refractivity contribution in [3.8, 4) is 0 Å². The lowest BCUT2D eigenvalue weighted by molar-refractivity contribution is 0.764. The van der Waals surface area contributed by atoms with Crippen LogP contribution in [0.5, 0.6) is 0 Å². The lowest BCUT2D eigenvalue weighted by Gasteiger charge is -2.13. The Labute approximate surface area is 155 Å². The number of aliphatic imine (C=N–C) groups is 1. The average Bonchev–Trinajstić information content (AvgIpc) is 2.89. The van der Waals surface area contributed by atoms with Crippen LogP contribution in [0, 0.1) is 13.8 Å². The number of guanidine groups is 1. The van der Waals surface area contributed by atoms with E-state index in [-0.39, 0.29) is 24.0 Å². The van der Waals surface area contributed by atoms with Crippen LogP contribution in [0.3, 0.4) is 0 Å². The van der Waals surface area contributed by atoms with Crippen molar-refractivity contribution in [3.05, 3.63) is 52.8 Å². The molecule has 0 aliphatic carbocycles. The van der Waals surface area contributed by atoms with E-state index in [2.05, 4.69) is 52.8 Å².